The molecule has 0 bridgehead atoms. The van der Waals surface area contributed by atoms with Crippen LogP contribution in [0.4, 0.5) is 4.39 Å². The van der Waals surface area contributed by atoms with Gasteiger partial charge in [0.15, 0.2) is 0 Å². The van der Waals surface area contributed by atoms with Crippen molar-refractivity contribution in [3.8, 4) is 17.3 Å². The molecule has 0 amide bonds. The van der Waals surface area contributed by atoms with Gasteiger partial charge in [-0.25, -0.2) is 19.0 Å². The van der Waals surface area contributed by atoms with Gasteiger partial charge in [-0.05, 0) is 31.5 Å². The van der Waals surface area contributed by atoms with Crippen LogP contribution in [0.3, 0.4) is 0 Å². The molecule has 9 heteroatoms. The molecule has 0 atom stereocenters. The van der Waals surface area contributed by atoms with E-state index in [1.54, 1.807) is 19.9 Å². The highest BCUT2D eigenvalue weighted by Gasteiger charge is 2.14. The van der Waals surface area contributed by atoms with Crippen molar-refractivity contribution in [2.45, 2.75) is 26.0 Å². The Balaban J connectivity index is 1.80. The average molecular weight is 371 g/mol. The van der Waals surface area contributed by atoms with Crippen LogP contribution in [0.1, 0.15) is 19.4 Å². The van der Waals surface area contributed by atoms with Gasteiger partial charge < -0.3 is 9.84 Å². The summed E-state index contributed by atoms with van der Waals surface area (Å²) in [6, 6.07) is 4.35. The number of rotatable bonds is 6. The van der Waals surface area contributed by atoms with E-state index in [1.807, 2.05) is 0 Å². The molecule has 27 heavy (non-hydrogen) atoms. The summed E-state index contributed by atoms with van der Waals surface area (Å²) in [6.45, 7) is 3.37. The fourth-order valence-electron chi connectivity index (χ4n) is 2.20. The SMILES string of the molecule is CC(C)(O)COc1ncc(-c2ccc(=O)n(Cc3cncc(F)c3)n2)cn1. The van der Waals surface area contributed by atoms with Crippen LogP contribution in [0, 0.1) is 5.82 Å². The minimum Gasteiger partial charge on any atom is -0.460 e. The number of pyridine rings is 1. The van der Waals surface area contributed by atoms with Crippen molar-refractivity contribution < 1.29 is 14.2 Å². The highest BCUT2D eigenvalue weighted by Crippen LogP contribution is 2.15. The maximum absolute atomic E-state index is 13.3. The van der Waals surface area contributed by atoms with Crippen LogP contribution in [0.25, 0.3) is 11.3 Å². The Kier molecular flexibility index (Phi) is 5.22. The van der Waals surface area contributed by atoms with Crippen molar-refractivity contribution in [3.63, 3.8) is 0 Å². The van der Waals surface area contributed by atoms with Crippen LogP contribution in [-0.2, 0) is 6.54 Å². The Hall–Kier alpha value is -3.20. The summed E-state index contributed by atoms with van der Waals surface area (Å²) >= 11 is 0. The summed E-state index contributed by atoms with van der Waals surface area (Å²) in [5.41, 5.74) is 0.261. The molecular weight excluding hydrogens is 353 g/mol. The maximum atomic E-state index is 13.3. The van der Waals surface area contributed by atoms with Gasteiger partial charge in [-0.1, -0.05) is 0 Å². The quantitative estimate of drug-likeness (QED) is 0.699. The molecule has 0 saturated carbocycles. The summed E-state index contributed by atoms with van der Waals surface area (Å²) in [4.78, 5) is 24.0. The zero-order valence-corrected chi connectivity index (χ0v) is 14.8. The Morgan fingerprint density at radius 2 is 1.93 bits per heavy atom. The van der Waals surface area contributed by atoms with Crippen LogP contribution in [0.2, 0.25) is 0 Å². The second kappa shape index (κ2) is 7.58. The summed E-state index contributed by atoms with van der Waals surface area (Å²) in [5, 5.41) is 13.9. The lowest BCUT2D eigenvalue weighted by Crippen LogP contribution is -2.28. The van der Waals surface area contributed by atoms with Crippen molar-refractivity contribution in [2.24, 2.45) is 0 Å². The molecule has 1 N–H and O–H groups in total. The largest absolute Gasteiger partial charge is 0.460 e. The Morgan fingerprint density at radius 3 is 2.59 bits per heavy atom. The number of ether oxygens (including phenoxy) is 1. The van der Waals surface area contributed by atoms with Gasteiger partial charge in [-0.2, -0.15) is 5.10 Å². The van der Waals surface area contributed by atoms with Gasteiger partial charge >= 0.3 is 6.01 Å². The molecule has 0 fully saturated rings. The van der Waals surface area contributed by atoms with E-state index in [-0.39, 0.29) is 24.7 Å². The minimum absolute atomic E-state index is 0.0527. The molecule has 3 rings (SSSR count). The predicted molar refractivity (Wildman–Crippen MR) is 94.6 cm³/mol. The molecule has 140 valence electrons. The van der Waals surface area contributed by atoms with Crippen molar-refractivity contribution >= 4 is 0 Å². The van der Waals surface area contributed by atoms with Crippen LogP contribution in [0.15, 0.2) is 47.8 Å². The number of hydrogen-bond donors (Lipinski definition) is 1. The summed E-state index contributed by atoms with van der Waals surface area (Å²) in [5.74, 6) is -0.480. The first kappa shape index (κ1) is 18.6. The van der Waals surface area contributed by atoms with E-state index in [4.69, 9.17) is 4.74 Å². The van der Waals surface area contributed by atoms with Crippen LogP contribution < -0.4 is 10.3 Å². The zero-order valence-electron chi connectivity index (χ0n) is 14.8. The van der Waals surface area contributed by atoms with E-state index in [9.17, 15) is 14.3 Å². The third-order valence-electron chi connectivity index (χ3n) is 3.44. The van der Waals surface area contributed by atoms with E-state index < -0.39 is 11.4 Å². The van der Waals surface area contributed by atoms with Gasteiger partial charge in [-0.15, -0.1) is 0 Å². The van der Waals surface area contributed by atoms with E-state index in [0.717, 1.165) is 6.20 Å². The molecule has 0 spiro atoms. The molecule has 8 nitrogen and oxygen atoms in total. The summed E-state index contributed by atoms with van der Waals surface area (Å²) in [7, 11) is 0. The first-order valence-corrected chi connectivity index (χ1v) is 8.15. The first-order valence-electron chi connectivity index (χ1n) is 8.15. The zero-order chi connectivity index (χ0) is 19.4. The van der Waals surface area contributed by atoms with E-state index in [1.165, 1.54) is 35.4 Å². The third-order valence-corrected chi connectivity index (χ3v) is 3.44. The number of aliphatic hydroxyl groups is 1. The van der Waals surface area contributed by atoms with Gasteiger partial charge in [-0.3, -0.25) is 9.78 Å². The second-order valence-corrected chi connectivity index (χ2v) is 6.58. The highest BCUT2D eigenvalue weighted by atomic mass is 19.1. The summed E-state index contributed by atoms with van der Waals surface area (Å²) in [6.07, 6.45) is 5.58. The molecule has 3 aromatic rings. The molecule has 3 heterocycles. The average Bonchev–Trinajstić information content (AvgIpc) is 2.62. The molecule has 0 aliphatic rings. The van der Waals surface area contributed by atoms with Crippen molar-refractivity contribution in [1.29, 1.82) is 0 Å². The number of nitrogens with zero attached hydrogens (tertiary/aromatic N) is 5. The molecule has 3 aromatic heterocycles. The van der Waals surface area contributed by atoms with Gasteiger partial charge in [0, 0.05) is 30.2 Å². The van der Waals surface area contributed by atoms with Gasteiger partial charge in [0.2, 0.25) is 0 Å². The topological polar surface area (TPSA) is 103 Å². The number of hydrogen-bond acceptors (Lipinski definition) is 7. The van der Waals surface area contributed by atoms with Gasteiger partial charge in [0.1, 0.15) is 12.4 Å². The monoisotopic (exact) mass is 371 g/mol. The van der Waals surface area contributed by atoms with Gasteiger partial charge in [0.05, 0.1) is 24.0 Å². The lowest BCUT2D eigenvalue weighted by Gasteiger charge is -2.16. The standard InChI is InChI=1S/C18H18FN5O3/c1-18(2,26)11-27-17-21-7-13(8-22-17)15-3-4-16(25)24(23-15)10-12-5-14(19)9-20-6-12/h3-9,26H,10-11H2,1-2H3. The van der Waals surface area contributed by atoms with Crippen molar-refractivity contribution in [1.82, 2.24) is 24.7 Å². The smallest absolute Gasteiger partial charge is 0.316 e. The minimum atomic E-state index is -0.995. The highest BCUT2D eigenvalue weighted by molar-refractivity contribution is 5.55. The molecule has 0 unspecified atom stereocenters. The van der Waals surface area contributed by atoms with E-state index >= 15 is 0 Å². The van der Waals surface area contributed by atoms with E-state index in [0.29, 0.717) is 16.8 Å². The fourth-order valence-corrected chi connectivity index (χ4v) is 2.20. The third kappa shape index (κ3) is 5.14. The Bertz CT molecular complexity index is 983. The normalized spacial score (nSPS) is 11.4. The van der Waals surface area contributed by atoms with Crippen LogP contribution >= 0.6 is 0 Å². The van der Waals surface area contributed by atoms with Gasteiger partial charge in [0.25, 0.3) is 5.56 Å². The Morgan fingerprint density at radius 1 is 1.19 bits per heavy atom. The number of aromatic nitrogens is 5. The maximum Gasteiger partial charge on any atom is 0.316 e. The lowest BCUT2D eigenvalue weighted by molar-refractivity contribution is 0.0250. The molecule has 0 aliphatic heterocycles. The second-order valence-electron chi connectivity index (χ2n) is 6.58. The molecule has 0 aromatic carbocycles. The predicted octanol–water partition coefficient (Wildman–Crippen LogP) is 1.43. The van der Waals surface area contributed by atoms with Crippen LogP contribution in [-0.4, -0.2) is 42.0 Å². The molecule has 0 radical (unpaired) electrons. The first-order chi connectivity index (χ1) is 12.8. The molecular formula is C18H18FN5O3. The summed E-state index contributed by atoms with van der Waals surface area (Å²) < 4.78 is 19.8. The van der Waals surface area contributed by atoms with Crippen molar-refractivity contribution in [3.05, 3.63) is 64.7 Å². The molecule has 0 aliphatic carbocycles. The fraction of sp³-hybridized carbons (Fsp3) is 0.278. The van der Waals surface area contributed by atoms with E-state index in [2.05, 4.69) is 20.1 Å². The lowest BCUT2D eigenvalue weighted by atomic mass is 10.2. The van der Waals surface area contributed by atoms with Crippen LogP contribution in [0.5, 0.6) is 6.01 Å². The Labute approximate surface area is 154 Å². The number of halogens is 1. The van der Waals surface area contributed by atoms with Crippen molar-refractivity contribution in [2.75, 3.05) is 6.61 Å². The molecule has 0 saturated heterocycles.